The Morgan fingerprint density at radius 2 is 1.00 bits per heavy atom. The van der Waals surface area contributed by atoms with Crippen LogP contribution in [-0.4, -0.2) is 70.2 Å². The predicted molar refractivity (Wildman–Crippen MR) is 41.2 cm³/mol. The van der Waals surface area contributed by atoms with Crippen LogP contribution in [0, 0.1) is 0 Å². The molecule has 4 heteroatoms. The van der Waals surface area contributed by atoms with E-state index in [0.717, 1.165) is 0 Å². The van der Waals surface area contributed by atoms with Crippen molar-refractivity contribution in [1.82, 2.24) is 0 Å². The van der Waals surface area contributed by atoms with Gasteiger partial charge in [0.25, 0.3) is 0 Å². The molecule has 0 aromatic carbocycles. The van der Waals surface area contributed by atoms with Gasteiger partial charge in [-0.2, -0.15) is 0 Å². The zero-order valence-electron chi connectivity index (χ0n) is 1.21. The molecule has 4 heavy (non-hydrogen) atoms. The van der Waals surface area contributed by atoms with Crippen LogP contribution < -0.4 is 0 Å². The summed E-state index contributed by atoms with van der Waals surface area (Å²) >= 11 is 0. The van der Waals surface area contributed by atoms with Crippen LogP contribution in [0.2, 0.25) is 0 Å². The molecule has 1 atom stereocenters. The van der Waals surface area contributed by atoms with Crippen LogP contribution in [0.4, 0.5) is 0 Å². The van der Waals surface area contributed by atoms with E-state index in [2.05, 4.69) is 0 Å². The number of hydrogen-bond donors (Lipinski definition) is 0. The van der Waals surface area contributed by atoms with E-state index in [1.165, 1.54) is 0 Å². The Balaban J connectivity index is 0. The van der Waals surface area contributed by atoms with Gasteiger partial charge in [0.2, 0.25) is 0 Å². The molecule has 0 spiro atoms. The van der Waals surface area contributed by atoms with Crippen molar-refractivity contribution in [3.05, 3.63) is 0 Å². The Kier molecular flexibility index (Phi) is 174. The van der Waals surface area contributed by atoms with Gasteiger partial charge >= 0.3 is 59.2 Å². The number of hydrogen-bond acceptors (Lipinski definition) is 0. The van der Waals surface area contributed by atoms with Gasteiger partial charge in [-0.1, -0.05) is 0 Å². The second-order valence-electron chi connectivity index (χ2n) is 0. The molecule has 0 aliphatic heterocycles. The van der Waals surface area contributed by atoms with Crippen LogP contribution >= 0.6 is 0 Å². The quantitative estimate of drug-likeness (QED) is 0.393. The van der Waals surface area contributed by atoms with E-state index >= 15 is 0 Å². The van der Waals surface area contributed by atoms with Gasteiger partial charge in [-0.25, -0.2) is 0 Å². The Morgan fingerprint density at radius 1 is 1.00 bits per heavy atom. The molecule has 0 N–H and O–H groups in total. The Hall–Kier alpha value is 2.11. The Morgan fingerprint density at radius 3 is 1.00 bits per heavy atom. The minimum atomic E-state index is 0. The summed E-state index contributed by atoms with van der Waals surface area (Å²) in [7, 11) is 0. The van der Waals surface area contributed by atoms with Crippen molar-refractivity contribution in [1.29, 1.82) is 0 Å². The molecule has 0 fully saturated rings. The van der Waals surface area contributed by atoms with Gasteiger partial charge in [-0.3, -0.25) is 0 Å². The molecule has 0 bridgehead atoms. The third-order valence-electron chi connectivity index (χ3n) is 0. The fraction of sp³-hybridized carbons (Fsp3) is 0. The minimum absolute atomic E-state index is 0. The molecule has 0 rings (SSSR count). The molecule has 1 unspecified atom stereocenters. The van der Waals surface area contributed by atoms with Crippen LogP contribution in [-0.2, 0) is 0 Å². The van der Waals surface area contributed by atoms with E-state index in [1.54, 1.807) is 0 Å². The Bertz CT molecular complexity index is 8.00. The molecule has 0 nitrogen and oxygen atoms in total. The van der Waals surface area contributed by atoms with Gasteiger partial charge in [-0.15, -0.1) is 0 Å². The van der Waals surface area contributed by atoms with E-state index in [1.807, 2.05) is 0 Å². The van der Waals surface area contributed by atoms with Gasteiger partial charge < -0.3 is 0 Å². The molecule has 0 aromatic rings. The third-order valence-corrected chi connectivity index (χ3v) is 0. The van der Waals surface area contributed by atoms with E-state index in [9.17, 15) is 0 Å². The molecule has 0 saturated carbocycles. The van der Waals surface area contributed by atoms with Gasteiger partial charge in [0.1, 0.15) is 0 Å². The van der Waals surface area contributed by atoms with Crippen molar-refractivity contribution >= 4 is 70.2 Å². The maximum absolute atomic E-state index is 0. The average Bonchev–Trinajstić information content (AvgIpc) is 0. The monoisotopic (exact) mass is 320 g/mol. The summed E-state index contributed by atoms with van der Waals surface area (Å²) in [6, 6.07) is 0. The summed E-state index contributed by atoms with van der Waals surface area (Å²) in [6.45, 7) is 0. The molecule has 0 aromatic heterocycles. The van der Waals surface area contributed by atoms with Crippen molar-refractivity contribution < 1.29 is 0 Å². The molecule has 0 radical (unpaired) electrons. The summed E-state index contributed by atoms with van der Waals surface area (Å²) in [6.07, 6.45) is 0. The van der Waals surface area contributed by atoms with Crippen molar-refractivity contribution in [3.63, 3.8) is 0 Å². The first kappa shape index (κ1) is 35.9. The van der Waals surface area contributed by atoms with E-state index < -0.39 is 0 Å². The van der Waals surface area contributed by atoms with Gasteiger partial charge in [0.15, 0.2) is 0 Å². The maximum atomic E-state index is 0. The summed E-state index contributed by atoms with van der Waals surface area (Å²) in [5.41, 5.74) is 0. The molecule has 0 amide bonds. The summed E-state index contributed by atoms with van der Waals surface area (Å²) < 4.78 is 0. The first-order valence-electron chi connectivity index (χ1n) is 0. The molecule has 32 valence electrons. The number of rotatable bonds is 0. The fourth-order valence-corrected chi connectivity index (χ4v) is 0. The molecule has 0 heterocycles. The van der Waals surface area contributed by atoms with E-state index in [0.29, 0.717) is 0 Å². The topological polar surface area (TPSA) is 0 Å². The summed E-state index contributed by atoms with van der Waals surface area (Å²) in [5, 5.41) is 0. The SMILES string of the molecule is [AsH3].[GeH4].[SiH4].[TeH2]. The summed E-state index contributed by atoms with van der Waals surface area (Å²) in [4.78, 5) is 0. The van der Waals surface area contributed by atoms with Crippen LogP contribution in [0.3, 0.4) is 0 Å². The molecular weight excluding hydrogens is 303 g/mol. The van der Waals surface area contributed by atoms with Gasteiger partial charge in [0, 0.05) is 0 Å². The van der Waals surface area contributed by atoms with Crippen molar-refractivity contribution in [2.45, 2.75) is 0 Å². The normalized spacial score (nSPS) is 0. The zero-order valence-corrected chi connectivity index (χ0v) is 7.03. The Labute approximate surface area is 69.5 Å². The van der Waals surface area contributed by atoms with Crippen LogP contribution in [0.15, 0.2) is 0 Å². The van der Waals surface area contributed by atoms with E-state index in [4.69, 9.17) is 0 Å². The first-order chi connectivity index (χ1) is 0. The average molecular weight is 316 g/mol. The first-order valence-corrected chi connectivity index (χ1v) is 0. The van der Waals surface area contributed by atoms with Crippen LogP contribution in [0.25, 0.3) is 0 Å². The van der Waals surface area contributed by atoms with Crippen molar-refractivity contribution in [2.24, 2.45) is 0 Å². The molecular formula is H13AsGeSiTe. The summed E-state index contributed by atoms with van der Waals surface area (Å²) in [5.74, 6) is 0. The molecule has 0 aliphatic rings. The molecule has 0 saturated heterocycles. The zero-order chi connectivity index (χ0) is 0. The van der Waals surface area contributed by atoms with Crippen LogP contribution in [0.1, 0.15) is 0 Å². The van der Waals surface area contributed by atoms with Gasteiger partial charge in [0.05, 0.1) is 0 Å². The standard InChI is InChI=1S/AsH3.GeH4.H4Si.H2Te/h1H3;2*1H4;1H2. The second kappa shape index (κ2) is 19.4. The van der Waals surface area contributed by atoms with Crippen molar-refractivity contribution in [3.8, 4) is 0 Å². The van der Waals surface area contributed by atoms with Gasteiger partial charge in [-0.05, 0) is 11.0 Å². The van der Waals surface area contributed by atoms with Crippen LogP contribution in [0.5, 0.6) is 0 Å². The second-order valence-corrected chi connectivity index (χ2v) is 0. The van der Waals surface area contributed by atoms with Crippen molar-refractivity contribution in [2.75, 3.05) is 0 Å². The fourth-order valence-electron chi connectivity index (χ4n) is 0. The molecule has 0 aliphatic carbocycles. The van der Waals surface area contributed by atoms with E-state index in [-0.39, 0.29) is 70.2 Å². The predicted octanol–water partition coefficient (Wildman–Crippen LogP) is -5.00. The third kappa shape index (κ3) is 8.93.